The minimum atomic E-state index is 0.940. The fraction of sp³-hybridized carbons (Fsp3) is 0.200. The largest absolute Gasteiger partial charge is 0.344 e. The molecule has 0 saturated heterocycles. The van der Waals surface area contributed by atoms with E-state index in [-0.39, 0.29) is 0 Å². The summed E-state index contributed by atoms with van der Waals surface area (Å²) in [6.45, 7) is 4.02. The number of nitrogens with one attached hydrogen (secondary N) is 1. The van der Waals surface area contributed by atoms with Gasteiger partial charge in [-0.05, 0) is 26.0 Å². The summed E-state index contributed by atoms with van der Waals surface area (Å²) in [4.78, 5) is 0. The number of nitrogens with zero attached hydrogens (tertiary/aromatic N) is 2. The van der Waals surface area contributed by atoms with Crippen molar-refractivity contribution in [2.24, 2.45) is 0 Å². The highest BCUT2D eigenvalue weighted by molar-refractivity contribution is 7.10. The van der Waals surface area contributed by atoms with E-state index in [2.05, 4.69) is 46.1 Å². The molecule has 0 radical (unpaired) electrons. The molecule has 0 spiro atoms. The molecule has 0 amide bonds. The molecule has 0 fully saturated rings. The maximum Gasteiger partial charge on any atom is 0.137 e. The summed E-state index contributed by atoms with van der Waals surface area (Å²) < 4.78 is 3.86. The van der Waals surface area contributed by atoms with Crippen LogP contribution in [0.3, 0.4) is 0 Å². The van der Waals surface area contributed by atoms with Crippen molar-refractivity contribution in [2.45, 2.75) is 13.8 Å². The molecule has 0 aliphatic carbocycles. The Kier molecular flexibility index (Phi) is 2.45. The number of aryl methyl sites for hydroxylation is 2. The van der Waals surface area contributed by atoms with E-state index >= 15 is 0 Å². The zero-order chi connectivity index (χ0) is 9.97. The molecular weight excluding hydrogens is 194 g/mol. The van der Waals surface area contributed by atoms with Crippen molar-refractivity contribution in [3.05, 3.63) is 35.5 Å². The fourth-order valence-corrected chi connectivity index (χ4v) is 1.70. The third-order valence-electron chi connectivity index (χ3n) is 1.96. The monoisotopic (exact) mass is 205 g/mol. The lowest BCUT2D eigenvalue weighted by Gasteiger charge is -2.03. The Morgan fingerprint density at radius 2 is 1.86 bits per heavy atom. The Morgan fingerprint density at radius 3 is 2.43 bits per heavy atom. The summed E-state index contributed by atoms with van der Waals surface area (Å²) in [5.74, 6) is 0. The normalized spacial score (nSPS) is 10.1. The van der Waals surface area contributed by atoms with Crippen LogP contribution in [0.1, 0.15) is 11.3 Å². The number of aromatic nitrogens is 2. The van der Waals surface area contributed by atoms with Crippen LogP contribution in [0, 0.1) is 13.8 Å². The van der Waals surface area contributed by atoms with Gasteiger partial charge in [-0.1, -0.05) is 22.2 Å². The van der Waals surface area contributed by atoms with Crippen molar-refractivity contribution >= 4 is 22.2 Å². The van der Waals surface area contributed by atoms with Crippen LogP contribution in [0.25, 0.3) is 0 Å². The second kappa shape index (κ2) is 3.75. The summed E-state index contributed by atoms with van der Waals surface area (Å²) in [6.07, 6.45) is 0. The minimum Gasteiger partial charge on any atom is -0.344 e. The van der Waals surface area contributed by atoms with Gasteiger partial charge in [0.2, 0.25) is 0 Å². The maximum absolute atomic E-state index is 3.94. The van der Waals surface area contributed by atoms with Crippen LogP contribution < -0.4 is 5.32 Å². The van der Waals surface area contributed by atoms with Gasteiger partial charge in [0.1, 0.15) is 5.00 Å². The molecule has 1 aromatic carbocycles. The Hall–Kier alpha value is -1.42. The Morgan fingerprint density at radius 1 is 1.14 bits per heavy atom. The Balaban J connectivity index is 2.19. The summed E-state index contributed by atoms with van der Waals surface area (Å²) in [7, 11) is 0. The van der Waals surface area contributed by atoms with Gasteiger partial charge in [0.05, 0.1) is 5.69 Å². The van der Waals surface area contributed by atoms with Gasteiger partial charge in [0.15, 0.2) is 0 Å². The van der Waals surface area contributed by atoms with Crippen LogP contribution >= 0.6 is 11.5 Å². The molecule has 0 bridgehead atoms. The number of rotatable bonds is 2. The van der Waals surface area contributed by atoms with Crippen molar-refractivity contribution in [3.63, 3.8) is 0 Å². The molecule has 72 valence electrons. The highest BCUT2D eigenvalue weighted by Crippen LogP contribution is 2.22. The predicted molar refractivity (Wildman–Crippen MR) is 59.1 cm³/mol. The first-order valence-corrected chi connectivity index (χ1v) is 5.16. The van der Waals surface area contributed by atoms with Gasteiger partial charge >= 0.3 is 0 Å². The molecule has 1 heterocycles. The van der Waals surface area contributed by atoms with E-state index in [0.29, 0.717) is 0 Å². The standard InChI is InChI=1S/C10H11N3S/c1-7-3-5-9(6-4-7)11-10-8(2)12-13-14-10/h3-6,11H,1-2H3. The van der Waals surface area contributed by atoms with Crippen LogP contribution in [0.15, 0.2) is 24.3 Å². The van der Waals surface area contributed by atoms with Gasteiger partial charge in [-0.25, -0.2) is 0 Å². The quantitative estimate of drug-likeness (QED) is 0.819. The molecule has 0 atom stereocenters. The first-order valence-electron chi connectivity index (χ1n) is 4.38. The van der Waals surface area contributed by atoms with E-state index < -0.39 is 0 Å². The van der Waals surface area contributed by atoms with Gasteiger partial charge in [-0.2, -0.15) is 0 Å². The van der Waals surface area contributed by atoms with Crippen molar-refractivity contribution < 1.29 is 0 Å². The van der Waals surface area contributed by atoms with Gasteiger partial charge in [0.25, 0.3) is 0 Å². The third-order valence-corrected chi connectivity index (χ3v) is 2.70. The average molecular weight is 205 g/mol. The molecule has 0 saturated carbocycles. The summed E-state index contributed by atoms with van der Waals surface area (Å²) in [6, 6.07) is 8.25. The van der Waals surface area contributed by atoms with E-state index in [1.807, 2.05) is 6.92 Å². The Labute approximate surface area is 87.0 Å². The molecule has 14 heavy (non-hydrogen) atoms. The lowest BCUT2D eigenvalue weighted by Crippen LogP contribution is -1.89. The molecule has 2 rings (SSSR count). The van der Waals surface area contributed by atoms with Gasteiger partial charge in [0, 0.05) is 17.2 Å². The fourth-order valence-electron chi connectivity index (χ4n) is 1.12. The van der Waals surface area contributed by atoms with Crippen LogP contribution in [0.4, 0.5) is 10.7 Å². The van der Waals surface area contributed by atoms with Crippen LogP contribution in [0.5, 0.6) is 0 Å². The second-order valence-corrected chi connectivity index (χ2v) is 3.93. The molecule has 1 aromatic heterocycles. The molecule has 4 heteroatoms. The molecule has 1 N–H and O–H groups in total. The topological polar surface area (TPSA) is 37.8 Å². The van der Waals surface area contributed by atoms with Crippen LogP contribution in [-0.2, 0) is 0 Å². The molecule has 0 aliphatic heterocycles. The lowest BCUT2D eigenvalue weighted by atomic mass is 10.2. The molecule has 2 aromatic rings. The minimum absolute atomic E-state index is 0.940. The lowest BCUT2D eigenvalue weighted by molar-refractivity contribution is 1.09. The van der Waals surface area contributed by atoms with Crippen LogP contribution in [-0.4, -0.2) is 9.59 Å². The van der Waals surface area contributed by atoms with E-state index in [0.717, 1.165) is 16.4 Å². The van der Waals surface area contributed by atoms with E-state index in [4.69, 9.17) is 0 Å². The van der Waals surface area contributed by atoms with Crippen molar-refractivity contribution in [1.82, 2.24) is 9.59 Å². The molecule has 0 aliphatic rings. The zero-order valence-electron chi connectivity index (χ0n) is 8.11. The maximum atomic E-state index is 3.94. The van der Waals surface area contributed by atoms with Gasteiger partial charge < -0.3 is 5.32 Å². The number of anilines is 2. The first-order chi connectivity index (χ1) is 6.75. The number of benzene rings is 1. The first kappa shape index (κ1) is 9.15. The highest BCUT2D eigenvalue weighted by Gasteiger charge is 2.01. The smallest absolute Gasteiger partial charge is 0.137 e. The summed E-state index contributed by atoms with van der Waals surface area (Å²) in [5.41, 5.74) is 3.27. The van der Waals surface area contributed by atoms with Crippen molar-refractivity contribution in [1.29, 1.82) is 0 Å². The molecule has 0 unspecified atom stereocenters. The molecular formula is C10H11N3S. The zero-order valence-corrected chi connectivity index (χ0v) is 8.93. The third kappa shape index (κ3) is 1.90. The predicted octanol–water partition coefficient (Wildman–Crippen LogP) is 2.90. The average Bonchev–Trinajstić information content (AvgIpc) is 2.56. The molecule has 3 nitrogen and oxygen atoms in total. The van der Waals surface area contributed by atoms with Crippen LogP contribution in [0.2, 0.25) is 0 Å². The SMILES string of the molecule is Cc1ccc(Nc2snnc2C)cc1. The van der Waals surface area contributed by atoms with E-state index in [1.165, 1.54) is 17.1 Å². The van der Waals surface area contributed by atoms with E-state index in [9.17, 15) is 0 Å². The summed E-state index contributed by atoms with van der Waals surface area (Å²) >= 11 is 1.38. The number of hydrogen-bond acceptors (Lipinski definition) is 4. The second-order valence-electron chi connectivity index (χ2n) is 3.18. The van der Waals surface area contributed by atoms with Gasteiger partial charge in [-0.15, -0.1) is 5.10 Å². The summed E-state index contributed by atoms with van der Waals surface area (Å²) in [5, 5.41) is 8.22. The van der Waals surface area contributed by atoms with Crippen molar-refractivity contribution in [2.75, 3.05) is 5.32 Å². The Bertz CT molecular complexity index is 419. The van der Waals surface area contributed by atoms with E-state index in [1.54, 1.807) is 0 Å². The van der Waals surface area contributed by atoms with Gasteiger partial charge in [-0.3, -0.25) is 0 Å². The highest BCUT2D eigenvalue weighted by atomic mass is 32.1. The van der Waals surface area contributed by atoms with Crippen molar-refractivity contribution in [3.8, 4) is 0 Å². The number of hydrogen-bond donors (Lipinski definition) is 1.